The van der Waals surface area contributed by atoms with Crippen LogP contribution in [-0.2, 0) is 20.2 Å². The fourth-order valence-corrected chi connectivity index (χ4v) is 1.99. The second-order valence-electron chi connectivity index (χ2n) is 4.99. The first-order valence-corrected chi connectivity index (χ1v) is 7.07. The van der Waals surface area contributed by atoms with Gasteiger partial charge >= 0.3 is 0 Å². The minimum absolute atomic E-state index is 0.380. The van der Waals surface area contributed by atoms with E-state index in [0.717, 1.165) is 23.8 Å². The summed E-state index contributed by atoms with van der Waals surface area (Å²) in [4.78, 5) is 8.56. The third-order valence-corrected chi connectivity index (χ3v) is 3.69. The van der Waals surface area contributed by atoms with E-state index in [0.29, 0.717) is 17.8 Å². The highest BCUT2D eigenvalue weighted by Gasteiger charge is 2.20. The number of nitrogens with zero attached hydrogens (tertiary/aromatic N) is 3. The van der Waals surface area contributed by atoms with Gasteiger partial charge in [-0.15, -0.1) is 0 Å². The van der Waals surface area contributed by atoms with Crippen LogP contribution in [0, 0.1) is 0 Å². The summed E-state index contributed by atoms with van der Waals surface area (Å²) in [6, 6.07) is 4.61. The van der Waals surface area contributed by atoms with E-state index in [1.54, 1.807) is 17.0 Å². The molecule has 2 aromatic rings. The van der Waals surface area contributed by atoms with E-state index in [1.807, 2.05) is 19.2 Å². The van der Waals surface area contributed by atoms with Crippen molar-refractivity contribution in [3.63, 3.8) is 0 Å². The van der Waals surface area contributed by atoms with Crippen molar-refractivity contribution in [3.05, 3.63) is 41.2 Å². The van der Waals surface area contributed by atoms with E-state index in [2.05, 4.69) is 15.3 Å². The first-order chi connectivity index (χ1) is 9.72. The molecule has 1 fully saturated rings. The van der Waals surface area contributed by atoms with E-state index in [1.165, 1.54) is 12.8 Å². The van der Waals surface area contributed by atoms with Gasteiger partial charge in [0.05, 0.1) is 18.1 Å². The molecule has 5 nitrogen and oxygen atoms in total. The lowest BCUT2D eigenvalue weighted by Crippen LogP contribution is -2.16. The summed E-state index contributed by atoms with van der Waals surface area (Å²) in [7, 11) is 1.86. The van der Waals surface area contributed by atoms with Gasteiger partial charge in [-0.2, -0.15) is 0 Å². The van der Waals surface area contributed by atoms with E-state index >= 15 is 0 Å². The lowest BCUT2D eigenvalue weighted by atomic mass is 10.3. The van der Waals surface area contributed by atoms with Crippen LogP contribution in [0.3, 0.4) is 0 Å². The molecule has 0 radical (unpaired) electrons. The summed E-state index contributed by atoms with van der Waals surface area (Å²) < 4.78 is 7.45. The van der Waals surface area contributed by atoms with Crippen molar-refractivity contribution in [1.82, 2.24) is 19.9 Å². The fraction of sp³-hybridized carbons (Fsp3) is 0.429. The molecule has 0 spiro atoms. The molecule has 3 rings (SSSR count). The Bertz CT molecular complexity index is 577. The number of pyridine rings is 1. The molecular formula is C14H17ClN4O. The Morgan fingerprint density at radius 3 is 2.80 bits per heavy atom. The third-order valence-electron chi connectivity index (χ3n) is 3.34. The van der Waals surface area contributed by atoms with E-state index < -0.39 is 0 Å². The molecule has 0 unspecified atom stereocenters. The first-order valence-electron chi connectivity index (χ1n) is 6.69. The standard InChI is InChI=1S/C14H17ClN4O/c1-19-13(15)8-18-14(19)9-20-12-5-4-11(17-7-12)6-16-10-2-3-10/h4-5,7-8,10,16H,2-3,6,9H2,1H3. The molecule has 0 atom stereocenters. The number of aromatic nitrogens is 3. The average Bonchev–Trinajstić information content (AvgIpc) is 3.24. The molecule has 0 amide bonds. The Morgan fingerprint density at radius 1 is 1.35 bits per heavy atom. The maximum atomic E-state index is 5.92. The van der Waals surface area contributed by atoms with Crippen LogP contribution in [0.5, 0.6) is 5.75 Å². The molecule has 1 aliphatic carbocycles. The Hall–Kier alpha value is -1.59. The number of rotatable bonds is 6. The summed E-state index contributed by atoms with van der Waals surface area (Å²) >= 11 is 5.92. The van der Waals surface area contributed by atoms with Gasteiger partial charge in [0.25, 0.3) is 0 Å². The van der Waals surface area contributed by atoms with Crippen molar-refractivity contribution < 1.29 is 4.74 Å². The van der Waals surface area contributed by atoms with Gasteiger partial charge in [-0.25, -0.2) is 4.98 Å². The van der Waals surface area contributed by atoms with Crippen LogP contribution in [0.15, 0.2) is 24.5 Å². The van der Waals surface area contributed by atoms with Crippen molar-refractivity contribution in [2.45, 2.75) is 32.0 Å². The minimum Gasteiger partial charge on any atom is -0.484 e. The van der Waals surface area contributed by atoms with Gasteiger partial charge in [0.2, 0.25) is 0 Å². The molecule has 6 heteroatoms. The summed E-state index contributed by atoms with van der Waals surface area (Å²) in [5.74, 6) is 1.52. The maximum Gasteiger partial charge on any atom is 0.147 e. The Morgan fingerprint density at radius 2 is 2.20 bits per heavy atom. The molecule has 20 heavy (non-hydrogen) atoms. The largest absolute Gasteiger partial charge is 0.484 e. The number of halogens is 1. The predicted octanol–water partition coefficient (Wildman–Crippen LogP) is 2.30. The van der Waals surface area contributed by atoms with Crippen molar-refractivity contribution in [1.29, 1.82) is 0 Å². The van der Waals surface area contributed by atoms with Crippen LogP contribution >= 0.6 is 11.6 Å². The van der Waals surface area contributed by atoms with Crippen LogP contribution in [-0.4, -0.2) is 20.6 Å². The van der Waals surface area contributed by atoms with Crippen LogP contribution in [0.1, 0.15) is 24.4 Å². The van der Waals surface area contributed by atoms with Crippen molar-refractivity contribution in [3.8, 4) is 5.75 Å². The summed E-state index contributed by atoms with van der Waals surface area (Å²) in [5, 5.41) is 4.03. The van der Waals surface area contributed by atoms with Gasteiger partial charge < -0.3 is 14.6 Å². The van der Waals surface area contributed by atoms with E-state index in [-0.39, 0.29) is 0 Å². The molecular weight excluding hydrogens is 276 g/mol. The zero-order valence-corrected chi connectivity index (χ0v) is 12.1. The Labute approximate surface area is 122 Å². The number of hydrogen-bond donors (Lipinski definition) is 1. The molecule has 1 N–H and O–H groups in total. The van der Waals surface area contributed by atoms with Gasteiger partial charge in [-0.3, -0.25) is 4.98 Å². The molecule has 2 heterocycles. The molecule has 1 aliphatic rings. The topological polar surface area (TPSA) is 52.0 Å². The molecule has 0 aromatic carbocycles. The van der Waals surface area contributed by atoms with Gasteiger partial charge in [0.15, 0.2) is 0 Å². The molecule has 2 aromatic heterocycles. The zero-order chi connectivity index (χ0) is 13.9. The number of imidazole rings is 1. The smallest absolute Gasteiger partial charge is 0.147 e. The lowest BCUT2D eigenvalue weighted by Gasteiger charge is -2.07. The highest BCUT2D eigenvalue weighted by molar-refractivity contribution is 6.29. The van der Waals surface area contributed by atoms with Crippen molar-refractivity contribution in [2.24, 2.45) is 7.05 Å². The van der Waals surface area contributed by atoms with Crippen molar-refractivity contribution >= 4 is 11.6 Å². The second-order valence-corrected chi connectivity index (χ2v) is 5.37. The van der Waals surface area contributed by atoms with Gasteiger partial charge in [-0.05, 0) is 25.0 Å². The van der Waals surface area contributed by atoms with Crippen LogP contribution in [0.4, 0.5) is 0 Å². The highest BCUT2D eigenvalue weighted by atomic mass is 35.5. The molecule has 106 valence electrons. The third kappa shape index (κ3) is 3.29. The summed E-state index contributed by atoms with van der Waals surface area (Å²) in [6.45, 7) is 1.20. The van der Waals surface area contributed by atoms with E-state index in [4.69, 9.17) is 16.3 Å². The lowest BCUT2D eigenvalue weighted by molar-refractivity contribution is 0.290. The van der Waals surface area contributed by atoms with Gasteiger partial charge in [-0.1, -0.05) is 11.6 Å². The molecule has 0 bridgehead atoms. The SMILES string of the molecule is Cn1c(Cl)cnc1COc1ccc(CNC2CC2)nc1. The van der Waals surface area contributed by atoms with Crippen molar-refractivity contribution in [2.75, 3.05) is 0 Å². The monoisotopic (exact) mass is 292 g/mol. The molecule has 1 saturated carbocycles. The van der Waals surface area contributed by atoms with Crippen LogP contribution < -0.4 is 10.1 Å². The second kappa shape index (κ2) is 5.81. The zero-order valence-electron chi connectivity index (χ0n) is 11.3. The molecule has 0 aliphatic heterocycles. The van der Waals surface area contributed by atoms with E-state index in [9.17, 15) is 0 Å². The average molecular weight is 293 g/mol. The normalized spacial score (nSPS) is 14.5. The quantitative estimate of drug-likeness (QED) is 0.887. The summed E-state index contributed by atoms with van der Waals surface area (Å²) in [6.07, 6.45) is 5.93. The number of hydrogen-bond acceptors (Lipinski definition) is 4. The number of nitrogens with one attached hydrogen (secondary N) is 1. The maximum absolute atomic E-state index is 5.92. The minimum atomic E-state index is 0.380. The van der Waals surface area contributed by atoms with Crippen LogP contribution in [0.25, 0.3) is 0 Å². The summed E-state index contributed by atoms with van der Waals surface area (Å²) in [5.41, 5.74) is 1.03. The Kier molecular flexibility index (Phi) is 3.89. The number of ether oxygens (including phenoxy) is 1. The Balaban J connectivity index is 1.53. The van der Waals surface area contributed by atoms with Gasteiger partial charge in [0, 0.05) is 19.6 Å². The predicted molar refractivity (Wildman–Crippen MR) is 76.6 cm³/mol. The molecule has 0 saturated heterocycles. The fourth-order valence-electron chi connectivity index (χ4n) is 1.84. The highest BCUT2D eigenvalue weighted by Crippen LogP contribution is 2.19. The van der Waals surface area contributed by atoms with Crippen LogP contribution in [0.2, 0.25) is 5.15 Å². The first kappa shape index (κ1) is 13.4. The van der Waals surface area contributed by atoms with Gasteiger partial charge in [0.1, 0.15) is 23.3 Å².